The Morgan fingerprint density at radius 3 is 2.46 bits per heavy atom. The lowest BCUT2D eigenvalue weighted by atomic mass is 10.0. The van der Waals surface area contributed by atoms with Crippen molar-refractivity contribution < 1.29 is 4.79 Å². The van der Waals surface area contributed by atoms with Crippen LogP contribution in [0.5, 0.6) is 0 Å². The fraction of sp³-hybridized carbons (Fsp3) is 0.381. The van der Waals surface area contributed by atoms with Gasteiger partial charge < -0.3 is 10.2 Å². The van der Waals surface area contributed by atoms with E-state index in [4.69, 9.17) is 11.6 Å². The van der Waals surface area contributed by atoms with Crippen molar-refractivity contribution in [1.29, 1.82) is 0 Å². The van der Waals surface area contributed by atoms with Gasteiger partial charge in [-0.25, -0.2) is 0 Å². The van der Waals surface area contributed by atoms with E-state index in [1.807, 2.05) is 43.3 Å². The van der Waals surface area contributed by atoms with Gasteiger partial charge in [0, 0.05) is 43.3 Å². The fourth-order valence-electron chi connectivity index (χ4n) is 3.35. The lowest BCUT2D eigenvalue weighted by molar-refractivity contribution is 0.0886. The van der Waals surface area contributed by atoms with Crippen LogP contribution in [0.4, 0.5) is 0 Å². The third-order valence-electron chi connectivity index (χ3n) is 4.97. The predicted octanol–water partition coefficient (Wildman–Crippen LogP) is 3.37. The van der Waals surface area contributed by atoms with Crippen LogP contribution < -0.4 is 5.32 Å². The molecule has 1 atom stereocenters. The number of nitrogens with zero attached hydrogens (tertiary/aromatic N) is 2. The van der Waals surface area contributed by atoms with Gasteiger partial charge in [0.05, 0.1) is 6.04 Å². The Morgan fingerprint density at radius 2 is 1.81 bits per heavy atom. The Morgan fingerprint density at radius 1 is 1.12 bits per heavy atom. The van der Waals surface area contributed by atoms with Crippen LogP contribution in [0.1, 0.15) is 27.5 Å². The Balaban J connectivity index is 1.73. The Labute approximate surface area is 160 Å². The van der Waals surface area contributed by atoms with Crippen molar-refractivity contribution in [1.82, 2.24) is 15.1 Å². The van der Waals surface area contributed by atoms with Gasteiger partial charge in [0.25, 0.3) is 5.91 Å². The van der Waals surface area contributed by atoms with Gasteiger partial charge in [-0.1, -0.05) is 41.4 Å². The van der Waals surface area contributed by atoms with E-state index in [0.717, 1.165) is 36.8 Å². The summed E-state index contributed by atoms with van der Waals surface area (Å²) in [6.45, 7) is 6.63. The zero-order valence-electron chi connectivity index (χ0n) is 15.4. The molecule has 26 heavy (non-hydrogen) atoms. The van der Waals surface area contributed by atoms with E-state index in [2.05, 4.69) is 34.3 Å². The number of amides is 1. The van der Waals surface area contributed by atoms with Gasteiger partial charge in [-0.3, -0.25) is 9.69 Å². The molecule has 138 valence electrons. The van der Waals surface area contributed by atoms with Gasteiger partial charge in [0.2, 0.25) is 0 Å². The van der Waals surface area contributed by atoms with Crippen molar-refractivity contribution in [2.24, 2.45) is 0 Å². The number of benzene rings is 2. The minimum absolute atomic E-state index is 0.0261. The molecule has 0 bridgehead atoms. The first-order chi connectivity index (χ1) is 12.5. The number of halogens is 1. The van der Waals surface area contributed by atoms with Crippen LogP contribution in [0, 0.1) is 6.92 Å². The number of hydrogen-bond donors (Lipinski definition) is 1. The van der Waals surface area contributed by atoms with Gasteiger partial charge in [-0.15, -0.1) is 0 Å². The van der Waals surface area contributed by atoms with E-state index in [9.17, 15) is 4.79 Å². The molecule has 0 aromatic heterocycles. The summed E-state index contributed by atoms with van der Waals surface area (Å²) in [5.41, 5.74) is 2.98. The average Bonchev–Trinajstić information content (AvgIpc) is 2.64. The van der Waals surface area contributed by atoms with E-state index in [-0.39, 0.29) is 11.9 Å². The standard InChI is InChI=1S/C21H26ClN3O/c1-16-4-3-5-18(14-16)21(26)23-15-20(17-6-8-19(22)9-7-17)25-12-10-24(2)11-13-25/h3-9,14,20H,10-13,15H2,1-2H3,(H,23,26)/t20-/m0/s1. The summed E-state index contributed by atoms with van der Waals surface area (Å²) in [7, 11) is 2.15. The molecule has 1 aliphatic heterocycles. The zero-order valence-corrected chi connectivity index (χ0v) is 16.2. The predicted molar refractivity (Wildman–Crippen MR) is 107 cm³/mol. The highest BCUT2D eigenvalue weighted by Gasteiger charge is 2.24. The molecule has 3 rings (SSSR count). The number of carbonyl (C=O) groups is 1. The maximum absolute atomic E-state index is 12.6. The number of nitrogens with one attached hydrogen (secondary N) is 1. The first-order valence-electron chi connectivity index (χ1n) is 9.06. The molecular formula is C21H26ClN3O. The van der Waals surface area contributed by atoms with E-state index in [0.29, 0.717) is 12.1 Å². The number of piperazine rings is 1. The van der Waals surface area contributed by atoms with Crippen LogP contribution in [-0.2, 0) is 0 Å². The first-order valence-corrected chi connectivity index (χ1v) is 9.43. The van der Waals surface area contributed by atoms with Crippen molar-refractivity contribution in [3.05, 3.63) is 70.2 Å². The highest BCUT2D eigenvalue weighted by Crippen LogP contribution is 2.23. The lowest BCUT2D eigenvalue weighted by Crippen LogP contribution is -2.48. The van der Waals surface area contributed by atoms with Crippen LogP contribution in [0.3, 0.4) is 0 Å². The molecule has 2 aromatic rings. The van der Waals surface area contributed by atoms with Crippen molar-refractivity contribution in [3.8, 4) is 0 Å². The second kappa shape index (κ2) is 8.67. The van der Waals surface area contributed by atoms with Gasteiger partial charge in [-0.05, 0) is 43.8 Å². The molecule has 5 heteroatoms. The summed E-state index contributed by atoms with van der Waals surface area (Å²) in [6.07, 6.45) is 0. The third kappa shape index (κ3) is 4.85. The van der Waals surface area contributed by atoms with Gasteiger partial charge in [0.1, 0.15) is 0 Å². The summed E-state index contributed by atoms with van der Waals surface area (Å²) in [5, 5.41) is 3.85. The molecule has 0 spiro atoms. The average molecular weight is 372 g/mol. The fourth-order valence-corrected chi connectivity index (χ4v) is 3.48. The van der Waals surface area contributed by atoms with Gasteiger partial charge >= 0.3 is 0 Å². The maximum atomic E-state index is 12.6. The maximum Gasteiger partial charge on any atom is 0.251 e. The molecule has 1 aliphatic rings. The van der Waals surface area contributed by atoms with Crippen molar-refractivity contribution in [3.63, 3.8) is 0 Å². The first kappa shape index (κ1) is 18.9. The molecule has 4 nitrogen and oxygen atoms in total. The SMILES string of the molecule is Cc1cccc(C(=O)NC[C@@H](c2ccc(Cl)cc2)N2CCN(C)CC2)c1. The largest absolute Gasteiger partial charge is 0.350 e. The monoisotopic (exact) mass is 371 g/mol. The van der Waals surface area contributed by atoms with Crippen LogP contribution in [-0.4, -0.2) is 55.5 Å². The number of carbonyl (C=O) groups excluding carboxylic acids is 1. The summed E-state index contributed by atoms with van der Waals surface area (Å²) >= 11 is 6.05. The van der Waals surface area contributed by atoms with Crippen LogP contribution >= 0.6 is 11.6 Å². The minimum Gasteiger partial charge on any atom is -0.350 e. The van der Waals surface area contributed by atoms with Crippen LogP contribution in [0.2, 0.25) is 5.02 Å². The smallest absolute Gasteiger partial charge is 0.251 e. The Bertz CT molecular complexity index is 739. The summed E-state index contributed by atoms with van der Waals surface area (Å²) in [4.78, 5) is 17.3. The van der Waals surface area contributed by atoms with Crippen molar-refractivity contribution in [2.75, 3.05) is 39.8 Å². The molecule has 1 saturated heterocycles. The number of aryl methyl sites for hydroxylation is 1. The second-order valence-corrected chi connectivity index (χ2v) is 7.42. The van der Waals surface area contributed by atoms with E-state index < -0.39 is 0 Å². The Hall–Kier alpha value is -1.88. The van der Waals surface area contributed by atoms with Gasteiger partial charge in [-0.2, -0.15) is 0 Å². The summed E-state index contributed by atoms with van der Waals surface area (Å²) in [6, 6.07) is 15.8. The number of hydrogen-bond acceptors (Lipinski definition) is 3. The molecule has 1 fully saturated rings. The second-order valence-electron chi connectivity index (χ2n) is 6.99. The topological polar surface area (TPSA) is 35.6 Å². The zero-order chi connectivity index (χ0) is 18.5. The van der Waals surface area contributed by atoms with Crippen molar-refractivity contribution in [2.45, 2.75) is 13.0 Å². The Kier molecular flexibility index (Phi) is 6.30. The van der Waals surface area contributed by atoms with E-state index in [1.54, 1.807) is 0 Å². The molecule has 0 aliphatic carbocycles. The van der Waals surface area contributed by atoms with E-state index in [1.165, 1.54) is 5.56 Å². The molecule has 2 aromatic carbocycles. The summed E-state index contributed by atoms with van der Waals surface area (Å²) < 4.78 is 0. The number of rotatable bonds is 5. The molecule has 0 unspecified atom stereocenters. The van der Waals surface area contributed by atoms with Gasteiger partial charge in [0.15, 0.2) is 0 Å². The molecule has 0 radical (unpaired) electrons. The van der Waals surface area contributed by atoms with E-state index >= 15 is 0 Å². The van der Waals surface area contributed by atoms with Crippen LogP contribution in [0.15, 0.2) is 48.5 Å². The molecule has 1 N–H and O–H groups in total. The normalized spacial score (nSPS) is 17.0. The number of likely N-dealkylation sites (N-methyl/N-ethyl adjacent to an activating group) is 1. The highest BCUT2D eigenvalue weighted by molar-refractivity contribution is 6.30. The third-order valence-corrected chi connectivity index (χ3v) is 5.22. The van der Waals surface area contributed by atoms with Crippen molar-refractivity contribution >= 4 is 17.5 Å². The highest BCUT2D eigenvalue weighted by atomic mass is 35.5. The minimum atomic E-state index is -0.0261. The lowest BCUT2D eigenvalue weighted by Gasteiger charge is -2.38. The van der Waals surface area contributed by atoms with Crippen LogP contribution in [0.25, 0.3) is 0 Å². The quantitative estimate of drug-likeness (QED) is 0.875. The molecule has 1 heterocycles. The molecular weight excluding hydrogens is 346 g/mol. The molecule has 0 saturated carbocycles. The summed E-state index contributed by atoms with van der Waals surface area (Å²) in [5.74, 6) is -0.0261. The molecule has 1 amide bonds.